The second kappa shape index (κ2) is 5.71. The zero-order valence-electron chi connectivity index (χ0n) is 15.0. The first-order valence-corrected chi connectivity index (χ1v) is 9.34. The largest absolute Gasteiger partial charge is 0.361 e. The average molecular weight is 328 g/mol. The molecule has 24 heavy (non-hydrogen) atoms. The molecule has 0 spiro atoms. The van der Waals surface area contributed by atoms with E-state index < -0.39 is 0 Å². The van der Waals surface area contributed by atoms with Crippen LogP contribution in [0.25, 0.3) is 0 Å². The van der Waals surface area contributed by atoms with E-state index in [4.69, 9.17) is 0 Å². The summed E-state index contributed by atoms with van der Waals surface area (Å²) in [6, 6.07) is 3.71. The predicted molar refractivity (Wildman–Crippen MR) is 94.0 cm³/mol. The Balaban J connectivity index is 1.60. The third-order valence-corrected chi connectivity index (χ3v) is 6.47. The van der Waals surface area contributed by atoms with Crippen molar-refractivity contribution in [2.75, 3.05) is 25.5 Å². The molecule has 0 N–H and O–H groups in total. The summed E-state index contributed by atoms with van der Waals surface area (Å²) in [6.45, 7) is 2.88. The summed E-state index contributed by atoms with van der Waals surface area (Å²) in [5.74, 6) is 3.35. The Morgan fingerprint density at radius 1 is 1.08 bits per heavy atom. The highest BCUT2D eigenvalue weighted by atomic mass is 16.2. The standard InChI is InChI=1S/C19H28N4O/c1-4-23(18(24)16-5-6-17(21-20-16)22(2)3)19-10-13-7-14(11-19)9-15(8-13)12-19/h5-6,13-15H,4,7-12H2,1-3H3. The molecule has 130 valence electrons. The summed E-state index contributed by atoms with van der Waals surface area (Å²) >= 11 is 0. The Kier molecular flexibility index (Phi) is 3.77. The summed E-state index contributed by atoms with van der Waals surface area (Å²) in [6.07, 6.45) is 7.76. The second-order valence-electron chi connectivity index (χ2n) is 8.36. The number of carbonyl (C=O) groups excluding carboxylic acids is 1. The lowest BCUT2D eigenvalue weighted by molar-refractivity contribution is -0.0733. The van der Waals surface area contributed by atoms with Gasteiger partial charge in [-0.25, -0.2) is 0 Å². The molecule has 4 fully saturated rings. The molecule has 5 nitrogen and oxygen atoms in total. The van der Waals surface area contributed by atoms with Gasteiger partial charge in [0.1, 0.15) is 0 Å². The van der Waals surface area contributed by atoms with Crippen LogP contribution in [0.15, 0.2) is 12.1 Å². The number of anilines is 1. The van der Waals surface area contributed by atoms with Crippen molar-refractivity contribution in [3.8, 4) is 0 Å². The van der Waals surface area contributed by atoms with Gasteiger partial charge < -0.3 is 9.80 Å². The molecule has 1 aromatic heterocycles. The molecule has 5 heteroatoms. The van der Waals surface area contributed by atoms with E-state index in [0.717, 1.165) is 30.1 Å². The molecule has 0 unspecified atom stereocenters. The Hall–Kier alpha value is -1.65. The van der Waals surface area contributed by atoms with Crippen LogP contribution >= 0.6 is 0 Å². The van der Waals surface area contributed by atoms with Crippen LogP contribution in [0.2, 0.25) is 0 Å². The lowest BCUT2D eigenvalue weighted by Crippen LogP contribution is -2.61. The van der Waals surface area contributed by atoms with E-state index >= 15 is 0 Å². The molecule has 0 aromatic carbocycles. The van der Waals surface area contributed by atoms with Crippen molar-refractivity contribution in [1.82, 2.24) is 15.1 Å². The molecule has 4 aliphatic rings. The van der Waals surface area contributed by atoms with E-state index in [1.807, 2.05) is 31.1 Å². The number of rotatable bonds is 4. The first-order valence-electron chi connectivity index (χ1n) is 9.34. The second-order valence-corrected chi connectivity index (χ2v) is 8.36. The van der Waals surface area contributed by atoms with Crippen LogP contribution < -0.4 is 4.90 Å². The van der Waals surface area contributed by atoms with E-state index in [-0.39, 0.29) is 11.4 Å². The van der Waals surface area contributed by atoms with Crippen LogP contribution in [-0.4, -0.2) is 47.2 Å². The number of hydrogen-bond donors (Lipinski definition) is 0. The lowest BCUT2D eigenvalue weighted by atomic mass is 9.52. The zero-order chi connectivity index (χ0) is 16.9. The topological polar surface area (TPSA) is 49.3 Å². The van der Waals surface area contributed by atoms with Gasteiger partial charge in [-0.1, -0.05) is 0 Å². The first-order chi connectivity index (χ1) is 11.5. The highest BCUT2D eigenvalue weighted by Gasteiger charge is 2.54. The molecule has 0 radical (unpaired) electrons. The number of carbonyl (C=O) groups is 1. The number of nitrogens with zero attached hydrogens (tertiary/aromatic N) is 4. The van der Waals surface area contributed by atoms with Crippen LogP contribution in [0.4, 0.5) is 5.82 Å². The van der Waals surface area contributed by atoms with Gasteiger partial charge in [-0.2, -0.15) is 0 Å². The average Bonchev–Trinajstić information content (AvgIpc) is 2.54. The van der Waals surface area contributed by atoms with Crippen LogP contribution in [0.1, 0.15) is 55.9 Å². The number of aromatic nitrogens is 2. The maximum Gasteiger partial charge on any atom is 0.274 e. The van der Waals surface area contributed by atoms with E-state index in [9.17, 15) is 4.79 Å². The molecular formula is C19H28N4O. The predicted octanol–water partition coefficient (Wildman–Crippen LogP) is 2.97. The molecule has 5 rings (SSSR count). The third-order valence-electron chi connectivity index (χ3n) is 6.47. The molecule has 4 saturated carbocycles. The third kappa shape index (κ3) is 2.49. The highest BCUT2D eigenvalue weighted by Crippen LogP contribution is 2.57. The molecule has 4 bridgehead atoms. The summed E-state index contributed by atoms with van der Waals surface area (Å²) in [5.41, 5.74) is 0.570. The molecule has 0 saturated heterocycles. The maximum atomic E-state index is 13.2. The minimum atomic E-state index is 0.0669. The Morgan fingerprint density at radius 3 is 2.08 bits per heavy atom. The maximum absolute atomic E-state index is 13.2. The van der Waals surface area contributed by atoms with E-state index in [1.165, 1.54) is 38.5 Å². The van der Waals surface area contributed by atoms with Crippen molar-refractivity contribution in [1.29, 1.82) is 0 Å². The molecule has 1 heterocycles. The van der Waals surface area contributed by atoms with Gasteiger partial charge in [0.25, 0.3) is 5.91 Å². The van der Waals surface area contributed by atoms with Crippen LogP contribution in [-0.2, 0) is 0 Å². The fraction of sp³-hybridized carbons (Fsp3) is 0.737. The molecular weight excluding hydrogens is 300 g/mol. The van der Waals surface area contributed by atoms with Crippen LogP contribution in [0.3, 0.4) is 0 Å². The van der Waals surface area contributed by atoms with Gasteiger partial charge in [0, 0.05) is 26.2 Å². The zero-order valence-corrected chi connectivity index (χ0v) is 15.0. The monoisotopic (exact) mass is 328 g/mol. The van der Waals surface area contributed by atoms with E-state index in [1.54, 1.807) is 0 Å². The Bertz CT molecular complexity index is 589. The number of amides is 1. The van der Waals surface area contributed by atoms with Crippen LogP contribution in [0, 0.1) is 17.8 Å². The van der Waals surface area contributed by atoms with Gasteiger partial charge in [0.2, 0.25) is 0 Å². The lowest BCUT2D eigenvalue weighted by Gasteiger charge is -2.60. The summed E-state index contributed by atoms with van der Waals surface area (Å²) in [5, 5.41) is 8.40. The highest BCUT2D eigenvalue weighted by molar-refractivity contribution is 5.92. The summed E-state index contributed by atoms with van der Waals surface area (Å²) in [7, 11) is 3.86. The van der Waals surface area contributed by atoms with Crippen molar-refractivity contribution < 1.29 is 4.79 Å². The van der Waals surface area contributed by atoms with Gasteiger partial charge in [-0.3, -0.25) is 4.79 Å². The molecule has 1 amide bonds. The molecule has 0 atom stereocenters. The van der Waals surface area contributed by atoms with Crippen molar-refractivity contribution >= 4 is 11.7 Å². The Labute approximate surface area is 144 Å². The van der Waals surface area contributed by atoms with Crippen molar-refractivity contribution in [2.45, 2.75) is 51.0 Å². The van der Waals surface area contributed by atoms with Gasteiger partial charge in [-0.15, -0.1) is 10.2 Å². The van der Waals surface area contributed by atoms with Crippen molar-refractivity contribution in [2.24, 2.45) is 17.8 Å². The van der Waals surface area contributed by atoms with Gasteiger partial charge >= 0.3 is 0 Å². The van der Waals surface area contributed by atoms with E-state index in [0.29, 0.717) is 5.69 Å². The smallest absolute Gasteiger partial charge is 0.274 e. The summed E-state index contributed by atoms with van der Waals surface area (Å²) < 4.78 is 0. The summed E-state index contributed by atoms with van der Waals surface area (Å²) in [4.78, 5) is 17.2. The van der Waals surface area contributed by atoms with E-state index in [2.05, 4.69) is 22.0 Å². The SMILES string of the molecule is CCN(C(=O)c1ccc(N(C)C)nn1)C12CC3CC(CC(C3)C1)C2. The van der Waals surface area contributed by atoms with Crippen molar-refractivity contribution in [3.63, 3.8) is 0 Å². The fourth-order valence-corrected chi connectivity index (χ4v) is 5.91. The quantitative estimate of drug-likeness (QED) is 0.852. The molecule has 4 aliphatic carbocycles. The van der Waals surface area contributed by atoms with Gasteiger partial charge in [-0.05, 0) is 75.3 Å². The van der Waals surface area contributed by atoms with Crippen molar-refractivity contribution in [3.05, 3.63) is 17.8 Å². The fourth-order valence-electron chi connectivity index (χ4n) is 5.91. The number of hydrogen-bond acceptors (Lipinski definition) is 4. The van der Waals surface area contributed by atoms with Gasteiger partial charge in [0.05, 0.1) is 0 Å². The minimum Gasteiger partial charge on any atom is -0.361 e. The molecule has 0 aliphatic heterocycles. The Morgan fingerprint density at radius 2 is 1.67 bits per heavy atom. The minimum absolute atomic E-state index is 0.0669. The molecule has 1 aromatic rings. The van der Waals surface area contributed by atoms with Crippen LogP contribution in [0.5, 0.6) is 0 Å². The van der Waals surface area contributed by atoms with Gasteiger partial charge in [0.15, 0.2) is 11.5 Å². The normalized spacial score (nSPS) is 33.5. The first kappa shape index (κ1) is 15.9.